The van der Waals surface area contributed by atoms with Gasteiger partial charge in [0.25, 0.3) is 5.92 Å². The summed E-state index contributed by atoms with van der Waals surface area (Å²) in [6.07, 6.45) is 1.97. The van der Waals surface area contributed by atoms with Crippen molar-refractivity contribution in [2.75, 3.05) is 5.73 Å². The van der Waals surface area contributed by atoms with Crippen LogP contribution in [0, 0.1) is 11.6 Å². The van der Waals surface area contributed by atoms with Crippen LogP contribution in [0.15, 0.2) is 30.6 Å². The fourth-order valence-electron chi connectivity index (χ4n) is 2.55. The van der Waals surface area contributed by atoms with Gasteiger partial charge in [-0.2, -0.15) is 0 Å². The quantitative estimate of drug-likeness (QED) is 0.843. The van der Waals surface area contributed by atoms with Crippen molar-refractivity contribution < 1.29 is 17.6 Å². The molecule has 1 aromatic carbocycles. The molecule has 0 aliphatic heterocycles. The Morgan fingerprint density at radius 2 is 1.83 bits per heavy atom. The number of benzene rings is 1. The molecule has 0 amide bonds. The molecule has 0 saturated carbocycles. The average molecular weight is 323 g/mol. The lowest BCUT2D eigenvalue weighted by atomic mass is 9.93. The van der Waals surface area contributed by atoms with Crippen LogP contribution in [-0.2, 0) is 0 Å². The Labute approximate surface area is 129 Å². The maximum atomic E-state index is 13.9. The summed E-state index contributed by atoms with van der Waals surface area (Å²) in [6, 6.07) is 2.95. The van der Waals surface area contributed by atoms with E-state index in [9.17, 15) is 17.6 Å². The third-order valence-corrected chi connectivity index (χ3v) is 3.78. The zero-order chi connectivity index (χ0) is 16.6. The van der Waals surface area contributed by atoms with E-state index in [1.807, 2.05) is 0 Å². The summed E-state index contributed by atoms with van der Waals surface area (Å²) < 4.78 is 53.7. The Morgan fingerprint density at radius 3 is 2.52 bits per heavy atom. The van der Waals surface area contributed by atoms with Crippen LogP contribution in [0.25, 0.3) is 16.8 Å². The molecule has 0 bridgehead atoms. The number of nitrogens with zero attached hydrogens (tertiary/aromatic N) is 2. The molecule has 23 heavy (non-hydrogen) atoms. The zero-order valence-electron chi connectivity index (χ0n) is 12.0. The van der Waals surface area contributed by atoms with E-state index < -0.39 is 24.0 Å². The van der Waals surface area contributed by atoms with Gasteiger partial charge >= 0.3 is 0 Å². The van der Waals surface area contributed by atoms with Gasteiger partial charge in [0.1, 0.15) is 23.7 Å². The Bertz CT molecular complexity index is 787. The molecule has 120 valence electrons. The summed E-state index contributed by atoms with van der Waals surface area (Å²) in [4.78, 5) is 7.94. The van der Waals surface area contributed by atoms with Gasteiger partial charge in [0.05, 0.1) is 11.4 Å². The molecule has 1 aliphatic carbocycles. The Balaban J connectivity index is 2.06. The second-order valence-electron chi connectivity index (χ2n) is 5.40. The molecule has 0 spiro atoms. The number of hydrogen-bond acceptors (Lipinski definition) is 3. The molecule has 7 heteroatoms. The summed E-state index contributed by atoms with van der Waals surface area (Å²) in [5.74, 6) is -4.03. The molecule has 0 atom stereocenters. The molecule has 2 N–H and O–H groups in total. The summed E-state index contributed by atoms with van der Waals surface area (Å²) in [5, 5.41) is 0. The van der Waals surface area contributed by atoms with Gasteiger partial charge < -0.3 is 5.73 Å². The average Bonchev–Trinajstić information content (AvgIpc) is 2.51. The molecule has 0 fully saturated rings. The lowest BCUT2D eigenvalue weighted by molar-refractivity contribution is -0.00605. The molecular formula is C16H13F4N3. The first kappa shape index (κ1) is 15.5. The van der Waals surface area contributed by atoms with Gasteiger partial charge in [-0.15, -0.1) is 0 Å². The molecule has 3 nitrogen and oxygen atoms in total. The highest BCUT2D eigenvalue weighted by molar-refractivity contribution is 5.82. The summed E-state index contributed by atoms with van der Waals surface area (Å²) in [5.41, 5.74) is 6.85. The van der Waals surface area contributed by atoms with Crippen molar-refractivity contribution in [3.05, 3.63) is 47.9 Å². The third kappa shape index (κ3) is 3.04. The lowest BCUT2D eigenvalue weighted by Gasteiger charge is -2.22. The monoisotopic (exact) mass is 323 g/mol. The SMILES string of the molecule is Nc1c(C2=CCC(F)(F)CC2)ncnc1-c1cc(F)ccc1F. The van der Waals surface area contributed by atoms with Crippen molar-refractivity contribution in [1.29, 1.82) is 0 Å². The van der Waals surface area contributed by atoms with Crippen molar-refractivity contribution >= 4 is 11.3 Å². The number of rotatable bonds is 2. The second kappa shape index (κ2) is 5.64. The number of anilines is 1. The molecule has 2 aromatic rings. The number of hydrogen-bond donors (Lipinski definition) is 1. The van der Waals surface area contributed by atoms with E-state index in [2.05, 4.69) is 9.97 Å². The van der Waals surface area contributed by atoms with Crippen LogP contribution in [0.5, 0.6) is 0 Å². The van der Waals surface area contributed by atoms with E-state index in [0.29, 0.717) is 5.57 Å². The number of halogens is 4. The molecule has 1 aliphatic rings. The molecule has 0 saturated heterocycles. The Hall–Kier alpha value is -2.44. The minimum Gasteiger partial charge on any atom is -0.395 e. The van der Waals surface area contributed by atoms with Gasteiger partial charge in [-0.05, 0) is 30.2 Å². The first-order valence-electron chi connectivity index (χ1n) is 7.00. The highest BCUT2D eigenvalue weighted by Crippen LogP contribution is 2.39. The maximum absolute atomic E-state index is 13.9. The highest BCUT2D eigenvalue weighted by Gasteiger charge is 2.32. The van der Waals surface area contributed by atoms with E-state index in [1.54, 1.807) is 0 Å². The van der Waals surface area contributed by atoms with Gasteiger partial charge in [0.15, 0.2) is 0 Å². The fraction of sp³-hybridized carbons (Fsp3) is 0.250. The van der Waals surface area contributed by atoms with Crippen molar-refractivity contribution in [1.82, 2.24) is 9.97 Å². The third-order valence-electron chi connectivity index (χ3n) is 3.78. The topological polar surface area (TPSA) is 51.8 Å². The summed E-state index contributed by atoms with van der Waals surface area (Å²) in [6.45, 7) is 0. The van der Waals surface area contributed by atoms with E-state index in [4.69, 9.17) is 5.73 Å². The Kier molecular flexibility index (Phi) is 3.79. The van der Waals surface area contributed by atoms with Gasteiger partial charge in [0.2, 0.25) is 0 Å². The minimum atomic E-state index is -2.73. The molecule has 0 radical (unpaired) electrons. The van der Waals surface area contributed by atoms with Crippen LogP contribution in [-0.4, -0.2) is 15.9 Å². The number of aromatic nitrogens is 2. The van der Waals surface area contributed by atoms with Crippen LogP contribution < -0.4 is 5.73 Å². The minimum absolute atomic E-state index is 0.0465. The Morgan fingerprint density at radius 1 is 1.09 bits per heavy atom. The molecule has 3 rings (SSSR count). The number of allylic oxidation sites excluding steroid dienone is 2. The molecule has 1 aromatic heterocycles. The standard InChI is InChI=1S/C16H13F4N3/c17-10-1-2-12(18)11(7-10)15-13(21)14(22-8-23-15)9-3-5-16(19,20)6-4-9/h1-3,7-8H,4-6,21H2. The lowest BCUT2D eigenvalue weighted by Crippen LogP contribution is -2.19. The first-order valence-corrected chi connectivity index (χ1v) is 7.00. The highest BCUT2D eigenvalue weighted by atomic mass is 19.3. The van der Waals surface area contributed by atoms with Crippen molar-refractivity contribution in [2.45, 2.75) is 25.2 Å². The first-order chi connectivity index (χ1) is 10.9. The van der Waals surface area contributed by atoms with Crippen molar-refractivity contribution in [3.8, 4) is 11.3 Å². The zero-order valence-corrected chi connectivity index (χ0v) is 12.0. The van der Waals surface area contributed by atoms with Crippen LogP contribution in [0.2, 0.25) is 0 Å². The number of nitrogen functional groups attached to an aromatic ring is 1. The van der Waals surface area contributed by atoms with Gasteiger partial charge in [0, 0.05) is 18.4 Å². The van der Waals surface area contributed by atoms with Crippen molar-refractivity contribution in [2.24, 2.45) is 0 Å². The normalized spacial score (nSPS) is 17.0. The van der Waals surface area contributed by atoms with Crippen LogP contribution >= 0.6 is 0 Å². The molecule has 0 unspecified atom stereocenters. The van der Waals surface area contributed by atoms with Gasteiger partial charge in [-0.1, -0.05) is 6.08 Å². The predicted octanol–water partition coefficient (Wildman–Crippen LogP) is 4.21. The van der Waals surface area contributed by atoms with E-state index in [0.717, 1.165) is 18.2 Å². The van der Waals surface area contributed by atoms with E-state index >= 15 is 0 Å². The number of nitrogens with two attached hydrogens (primary N) is 1. The van der Waals surface area contributed by atoms with Gasteiger partial charge in [-0.3, -0.25) is 0 Å². The largest absolute Gasteiger partial charge is 0.395 e. The number of alkyl halides is 2. The summed E-state index contributed by atoms with van der Waals surface area (Å²) >= 11 is 0. The maximum Gasteiger partial charge on any atom is 0.251 e. The molecule has 1 heterocycles. The van der Waals surface area contributed by atoms with Crippen LogP contribution in [0.1, 0.15) is 25.0 Å². The van der Waals surface area contributed by atoms with E-state index in [-0.39, 0.29) is 35.5 Å². The predicted molar refractivity (Wildman–Crippen MR) is 78.6 cm³/mol. The molecular weight excluding hydrogens is 310 g/mol. The smallest absolute Gasteiger partial charge is 0.251 e. The second-order valence-corrected chi connectivity index (χ2v) is 5.40. The van der Waals surface area contributed by atoms with Gasteiger partial charge in [-0.25, -0.2) is 27.5 Å². The fourth-order valence-corrected chi connectivity index (χ4v) is 2.55. The summed E-state index contributed by atoms with van der Waals surface area (Å²) in [7, 11) is 0. The van der Waals surface area contributed by atoms with Crippen LogP contribution in [0.4, 0.5) is 23.2 Å². The van der Waals surface area contributed by atoms with E-state index in [1.165, 1.54) is 12.4 Å². The van der Waals surface area contributed by atoms with Crippen LogP contribution in [0.3, 0.4) is 0 Å². The van der Waals surface area contributed by atoms with Crippen molar-refractivity contribution in [3.63, 3.8) is 0 Å².